The van der Waals surface area contributed by atoms with Gasteiger partial charge in [0.1, 0.15) is 0 Å². The Hall–Kier alpha value is -2.67. The Labute approximate surface area is 153 Å². The van der Waals surface area contributed by atoms with Gasteiger partial charge in [0.15, 0.2) is 0 Å². The van der Waals surface area contributed by atoms with Crippen LogP contribution in [0.15, 0.2) is 68.3 Å². The van der Waals surface area contributed by atoms with E-state index in [4.69, 9.17) is 4.98 Å². The maximum atomic E-state index is 4.81. The average Bonchev–Trinajstić information content (AvgIpc) is 2.69. The first-order valence-corrected chi connectivity index (χ1v) is 8.89. The van der Waals surface area contributed by atoms with E-state index in [1.54, 1.807) is 6.08 Å². The lowest BCUT2D eigenvalue weighted by Gasteiger charge is -2.09. The molecule has 0 saturated heterocycles. The van der Waals surface area contributed by atoms with E-state index in [9.17, 15) is 0 Å². The van der Waals surface area contributed by atoms with Crippen LogP contribution in [0.5, 0.6) is 0 Å². The molecule has 0 aliphatic rings. The summed E-state index contributed by atoms with van der Waals surface area (Å²) in [5.74, 6) is 0. The third kappa shape index (κ3) is 5.72. The zero-order valence-corrected chi connectivity index (χ0v) is 16.3. The van der Waals surface area contributed by atoms with Crippen molar-refractivity contribution in [1.29, 1.82) is 0 Å². The first-order valence-electron chi connectivity index (χ1n) is 8.89. The molecular formula is C24H31N. The van der Waals surface area contributed by atoms with Crippen LogP contribution in [-0.4, -0.2) is 4.98 Å². The van der Waals surface area contributed by atoms with Crippen LogP contribution in [0, 0.1) is 0 Å². The average molecular weight is 334 g/mol. The molecule has 0 N–H and O–H groups in total. The Balaban J connectivity index is 0.00000134. The summed E-state index contributed by atoms with van der Waals surface area (Å²) in [6, 6.07) is 8.21. The smallest absolute Gasteiger partial charge is 0.0787 e. The SMILES string of the molecule is C=C/C=C(\C=C/C)c1ccc2ccc(C=C)c(C=C)c2n1.CC.CC. The third-order valence-corrected chi connectivity index (χ3v) is 3.30. The Kier molecular flexibility index (Phi) is 11.4. The number of hydrogen-bond donors (Lipinski definition) is 0. The van der Waals surface area contributed by atoms with Crippen LogP contribution in [0.3, 0.4) is 0 Å². The number of aromatic nitrogens is 1. The Morgan fingerprint density at radius 1 is 0.920 bits per heavy atom. The van der Waals surface area contributed by atoms with Crippen LogP contribution in [0.1, 0.15) is 51.4 Å². The number of allylic oxidation sites excluding steroid dienone is 5. The second-order valence-corrected chi connectivity index (χ2v) is 4.60. The summed E-state index contributed by atoms with van der Waals surface area (Å²) in [6.45, 7) is 21.5. The molecule has 0 saturated carbocycles. The summed E-state index contributed by atoms with van der Waals surface area (Å²) in [6.07, 6.45) is 11.4. The van der Waals surface area contributed by atoms with Crippen molar-refractivity contribution in [2.45, 2.75) is 34.6 Å². The van der Waals surface area contributed by atoms with E-state index in [1.807, 2.05) is 77.1 Å². The predicted molar refractivity (Wildman–Crippen MR) is 118 cm³/mol. The monoisotopic (exact) mass is 333 g/mol. The highest BCUT2D eigenvalue weighted by Crippen LogP contribution is 2.25. The van der Waals surface area contributed by atoms with Crippen LogP contribution >= 0.6 is 0 Å². The van der Waals surface area contributed by atoms with Crippen molar-refractivity contribution < 1.29 is 0 Å². The molecule has 2 rings (SSSR count). The van der Waals surface area contributed by atoms with E-state index in [1.165, 1.54) is 0 Å². The van der Waals surface area contributed by atoms with Crippen molar-refractivity contribution in [2.24, 2.45) is 0 Å². The maximum absolute atomic E-state index is 4.81. The first kappa shape index (κ1) is 22.3. The highest BCUT2D eigenvalue weighted by Gasteiger charge is 2.07. The van der Waals surface area contributed by atoms with Gasteiger partial charge in [0.05, 0.1) is 11.2 Å². The van der Waals surface area contributed by atoms with Gasteiger partial charge in [0, 0.05) is 10.9 Å². The van der Waals surface area contributed by atoms with Gasteiger partial charge in [-0.2, -0.15) is 0 Å². The lowest BCUT2D eigenvalue weighted by molar-refractivity contribution is 1.34. The lowest BCUT2D eigenvalue weighted by atomic mass is 10.0. The highest BCUT2D eigenvalue weighted by molar-refractivity contribution is 5.92. The molecule has 1 aromatic heterocycles. The van der Waals surface area contributed by atoms with Crippen LogP contribution < -0.4 is 0 Å². The van der Waals surface area contributed by atoms with Gasteiger partial charge in [-0.1, -0.05) is 102 Å². The molecule has 0 aliphatic heterocycles. The zero-order valence-electron chi connectivity index (χ0n) is 16.3. The molecule has 25 heavy (non-hydrogen) atoms. The molecule has 0 fully saturated rings. The number of rotatable bonds is 5. The van der Waals surface area contributed by atoms with Crippen molar-refractivity contribution in [3.63, 3.8) is 0 Å². The molecule has 0 amide bonds. The van der Waals surface area contributed by atoms with E-state index >= 15 is 0 Å². The zero-order chi connectivity index (χ0) is 19.2. The van der Waals surface area contributed by atoms with Crippen molar-refractivity contribution in [3.05, 3.63) is 85.1 Å². The minimum Gasteiger partial charge on any atom is -0.247 e. The standard InChI is InChI=1S/C20H19N.2C2H6/c1-5-9-16(10-6-2)19-14-13-17-12-11-15(7-3)18(8-4)20(17)21-19;2*1-2/h5-14H,1,3-4H2,2H3;2*1-2H3/b10-6-,16-9+;;. The van der Waals surface area contributed by atoms with Gasteiger partial charge < -0.3 is 0 Å². The molecule has 1 nitrogen and oxygen atoms in total. The summed E-state index contributed by atoms with van der Waals surface area (Å²) in [7, 11) is 0. The minimum absolute atomic E-state index is 0.921. The highest BCUT2D eigenvalue weighted by atomic mass is 14.7. The van der Waals surface area contributed by atoms with E-state index in [-0.39, 0.29) is 0 Å². The predicted octanol–water partition coefficient (Wildman–Crippen LogP) is 7.72. The molecular weight excluding hydrogens is 302 g/mol. The number of fused-ring (bicyclic) bond motifs is 1. The van der Waals surface area contributed by atoms with E-state index < -0.39 is 0 Å². The van der Waals surface area contributed by atoms with Crippen LogP contribution in [0.4, 0.5) is 0 Å². The summed E-state index contributed by atoms with van der Waals surface area (Å²) >= 11 is 0. The normalized spacial score (nSPS) is 10.4. The quantitative estimate of drug-likeness (QED) is 0.510. The molecule has 0 aliphatic carbocycles. The second-order valence-electron chi connectivity index (χ2n) is 4.60. The first-order chi connectivity index (χ1) is 12.2. The van der Waals surface area contributed by atoms with Gasteiger partial charge in [-0.15, -0.1) is 0 Å². The number of benzene rings is 1. The Morgan fingerprint density at radius 2 is 1.56 bits per heavy atom. The van der Waals surface area contributed by atoms with Gasteiger partial charge in [-0.3, -0.25) is 0 Å². The molecule has 0 radical (unpaired) electrons. The molecule has 1 heteroatoms. The van der Waals surface area contributed by atoms with Gasteiger partial charge in [-0.05, 0) is 24.1 Å². The number of hydrogen-bond acceptors (Lipinski definition) is 1. The topological polar surface area (TPSA) is 12.9 Å². The van der Waals surface area contributed by atoms with Gasteiger partial charge in [0.2, 0.25) is 0 Å². The van der Waals surface area contributed by atoms with Crippen molar-refractivity contribution in [2.75, 3.05) is 0 Å². The van der Waals surface area contributed by atoms with Crippen molar-refractivity contribution in [3.8, 4) is 0 Å². The lowest BCUT2D eigenvalue weighted by Crippen LogP contribution is -1.92. The van der Waals surface area contributed by atoms with Gasteiger partial charge in [0.25, 0.3) is 0 Å². The van der Waals surface area contributed by atoms with Gasteiger partial charge >= 0.3 is 0 Å². The van der Waals surface area contributed by atoms with Crippen molar-refractivity contribution in [1.82, 2.24) is 4.98 Å². The van der Waals surface area contributed by atoms with E-state index in [0.29, 0.717) is 0 Å². The summed E-state index contributed by atoms with van der Waals surface area (Å²) in [4.78, 5) is 4.81. The fraction of sp³-hybridized carbons (Fsp3) is 0.208. The fourth-order valence-electron chi connectivity index (χ4n) is 2.31. The molecule has 0 bridgehead atoms. The molecule has 1 aromatic carbocycles. The second kappa shape index (κ2) is 12.7. The molecule has 0 spiro atoms. The molecule has 2 aromatic rings. The fourth-order valence-corrected chi connectivity index (χ4v) is 2.31. The maximum Gasteiger partial charge on any atom is 0.0787 e. The molecule has 0 unspecified atom stereocenters. The largest absolute Gasteiger partial charge is 0.247 e. The minimum atomic E-state index is 0.921. The summed E-state index contributed by atoms with van der Waals surface area (Å²) < 4.78 is 0. The molecule has 0 atom stereocenters. The summed E-state index contributed by atoms with van der Waals surface area (Å²) in [5, 5.41) is 1.10. The summed E-state index contributed by atoms with van der Waals surface area (Å²) in [5.41, 5.74) is 4.96. The molecule has 132 valence electrons. The Morgan fingerprint density at radius 3 is 2.08 bits per heavy atom. The van der Waals surface area contributed by atoms with E-state index in [0.717, 1.165) is 33.3 Å². The van der Waals surface area contributed by atoms with Crippen LogP contribution in [0.2, 0.25) is 0 Å². The number of pyridine rings is 1. The Bertz CT molecular complexity index is 761. The third-order valence-electron chi connectivity index (χ3n) is 3.30. The van der Waals surface area contributed by atoms with Crippen LogP contribution in [0.25, 0.3) is 28.6 Å². The van der Waals surface area contributed by atoms with Gasteiger partial charge in [-0.25, -0.2) is 4.98 Å². The molecule has 1 heterocycles. The van der Waals surface area contributed by atoms with E-state index in [2.05, 4.69) is 31.9 Å². The van der Waals surface area contributed by atoms with Crippen LogP contribution in [-0.2, 0) is 0 Å². The van der Waals surface area contributed by atoms with Crippen molar-refractivity contribution >= 4 is 28.6 Å². The number of nitrogens with zero attached hydrogens (tertiary/aromatic N) is 1.